The maximum atomic E-state index is 12.8. The fraction of sp³-hybridized carbons (Fsp3) is 0.500. The summed E-state index contributed by atoms with van der Waals surface area (Å²) in [5, 5.41) is 0. The van der Waals surface area contributed by atoms with Crippen LogP contribution in [0, 0.1) is 5.82 Å². The number of hydrogen-bond acceptors (Lipinski definition) is 2. The van der Waals surface area contributed by atoms with Gasteiger partial charge in [0.2, 0.25) is 0 Å². The summed E-state index contributed by atoms with van der Waals surface area (Å²) in [6.45, 7) is 0. The zero-order valence-electron chi connectivity index (χ0n) is 10.6. The van der Waals surface area contributed by atoms with E-state index in [2.05, 4.69) is 0 Å². The minimum absolute atomic E-state index is 0.0610. The van der Waals surface area contributed by atoms with Crippen LogP contribution in [0.25, 0.3) is 0 Å². The Morgan fingerprint density at radius 1 is 1.33 bits per heavy atom. The lowest BCUT2D eigenvalue weighted by molar-refractivity contribution is 0.0688. The molecule has 0 aromatic heterocycles. The average molecular weight is 250 g/mol. The minimum Gasteiger partial charge on any atom is -0.339 e. The van der Waals surface area contributed by atoms with Gasteiger partial charge in [0.1, 0.15) is 5.82 Å². The van der Waals surface area contributed by atoms with Crippen LogP contribution >= 0.6 is 0 Å². The van der Waals surface area contributed by atoms with Crippen molar-refractivity contribution in [2.24, 2.45) is 5.73 Å². The van der Waals surface area contributed by atoms with Crippen molar-refractivity contribution < 1.29 is 9.18 Å². The number of amides is 1. The molecule has 1 saturated carbocycles. The Hall–Kier alpha value is -1.42. The topological polar surface area (TPSA) is 46.3 Å². The fourth-order valence-electron chi connectivity index (χ4n) is 2.51. The van der Waals surface area contributed by atoms with E-state index in [0.29, 0.717) is 5.56 Å². The van der Waals surface area contributed by atoms with Crippen LogP contribution in [-0.4, -0.2) is 29.9 Å². The molecule has 3 nitrogen and oxygen atoms in total. The van der Waals surface area contributed by atoms with E-state index in [1.54, 1.807) is 11.9 Å². The Morgan fingerprint density at radius 2 is 2.00 bits per heavy atom. The largest absolute Gasteiger partial charge is 0.339 e. The summed E-state index contributed by atoms with van der Waals surface area (Å²) < 4.78 is 12.8. The van der Waals surface area contributed by atoms with Gasteiger partial charge in [-0.15, -0.1) is 0 Å². The van der Waals surface area contributed by atoms with Crippen LogP contribution in [0.2, 0.25) is 0 Å². The Labute approximate surface area is 107 Å². The quantitative estimate of drug-likeness (QED) is 0.874. The Kier molecular flexibility index (Phi) is 3.97. The molecule has 0 radical (unpaired) electrons. The molecule has 2 N–H and O–H groups in total. The van der Waals surface area contributed by atoms with Gasteiger partial charge >= 0.3 is 0 Å². The zero-order valence-corrected chi connectivity index (χ0v) is 10.6. The van der Waals surface area contributed by atoms with E-state index in [1.165, 1.54) is 24.3 Å². The highest BCUT2D eigenvalue weighted by Crippen LogP contribution is 2.22. The number of rotatable bonds is 2. The van der Waals surface area contributed by atoms with Gasteiger partial charge < -0.3 is 10.6 Å². The SMILES string of the molecule is CN(C(=O)c1ccc(F)cc1)[C@H]1CCC[C@@H](N)C1. The van der Waals surface area contributed by atoms with Gasteiger partial charge in [0.05, 0.1) is 0 Å². The molecule has 1 aliphatic carbocycles. The first-order valence-corrected chi connectivity index (χ1v) is 6.36. The van der Waals surface area contributed by atoms with Gasteiger partial charge in [-0.05, 0) is 49.9 Å². The van der Waals surface area contributed by atoms with Gasteiger partial charge in [-0.3, -0.25) is 4.79 Å². The molecule has 1 aliphatic rings. The van der Waals surface area contributed by atoms with E-state index in [4.69, 9.17) is 5.73 Å². The van der Waals surface area contributed by atoms with Crippen molar-refractivity contribution in [3.8, 4) is 0 Å². The molecule has 0 heterocycles. The van der Waals surface area contributed by atoms with Crippen LogP contribution in [0.15, 0.2) is 24.3 Å². The van der Waals surface area contributed by atoms with Crippen LogP contribution in [0.5, 0.6) is 0 Å². The van der Waals surface area contributed by atoms with Crippen molar-refractivity contribution in [1.82, 2.24) is 4.90 Å². The molecular formula is C14H19FN2O. The second-order valence-corrected chi connectivity index (χ2v) is 5.00. The first kappa shape index (κ1) is 13.0. The molecule has 1 aromatic carbocycles. The lowest BCUT2D eigenvalue weighted by atomic mass is 9.90. The molecule has 18 heavy (non-hydrogen) atoms. The number of hydrogen-bond donors (Lipinski definition) is 1. The summed E-state index contributed by atoms with van der Waals surface area (Å²) in [6.07, 6.45) is 3.95. The Bertz CT molecular complexity index is 418. The summed E-state index contributed by atoms with van der Waals surface area (Å²) in [5.41, 5.74) is 6.46. The van der Waals surface area contributed by atoms with Crippen molar-refractivity contribution >= 4 is 5.91 Å². The Morgan fingerprint density at radius 3 is 2.61 bits per heavy atom. The second-order valence-electron chi connectivity index (χ2n) is 5.00. The summed E-state index contributed by atoms with van der Waals surface area (Å²) in [5.74, 6) is -0.386. The monoisotopic (exact) mass is 250 g/mol. The second kappa shape index (κ2) is 5.48. The van der Waals surface area contributed by atoms with E-state index in [0.717, 1.165) is 25.7 Å². The van der Waals surface area contributed by atoms with Gasteiger partial charge in [0.15, 0.2) is 0 Å². The minimum atomic E-state index is -0.325. The van der Waals surface area contributed by atoms with E-state index in [-0.39, 0.29) is 23.8 Å². The number of nitrogens with zero attached hydrogens (tertiary/aromatic N) is 1. The number of benzene rings is 1. The first-order valence-electron chi connectivity index (χ1n) is 6.36. The predicted octanol–water partition coefficient (Wildman–Crippen LogP) is 2.17. The van der Waals surface area contributed by atoms with Crippen LogP contribution in [-0.2, 0) is 0 Å². The third-order valence-corrected chi connectivity index (χ3v) is 3.65. The smallest absolute Gasteiger partial charge is 0.253 e. The van der Waals surface area contributed by atoms with Gasteiger partial charge in [-0.25, -0.2) is 4.39 Å². The van der Waals surface area contributed by atoms with E-state index < -0.39 is 0 Å². The molecule has 0 aliphatic heterocycles. The number of halogens is 1. The number of nitrogens with two attached hydrogens (primary N) is 1. The van der Waals surface area contributed by atoms with Crippen LogP contribution in [0.1, 0.15) is 36.0 Å². The van der Waals surface area contributed by atoms with Gasteiger partial charge in [0.25, 0.3) is 5.91 Å². The molecule has 1 aromatic rings. The van der Waals surface area contributed by atoms with Crippen molar-refractivity contribution in [3.05, 3.63) is 35.6 Å². The summed E-state index contributed by atoms with van der Waals surface area (Å²) in [4.78, 5) is 14.0. The third kappa shape index (κ3) is 2.88. The van der Waals surface area contributed by atoms with Crippen molar-refractivity contribution in [1.29, 1.82) is 0 Å². The fourth-order valence-corrected chi connectivity index (χ4v) is 2.51. The standard InChI is InChI=1S/C14H19FN2O/c1-17(13-4-2-3-12(16)9-13)14(18)10-5-7-11(15)8-6-10/h5-8,12-13H,2-4,9,16H2,1H3/t12-,13+/m1/s1. The molecule has 2 rings (SSSR count). The molecule has 4 heteroatoms. The van der Waals surface area contributed by atoms with Crippen molar-refractivity contribution in [3.63, 3.8) is 0 Å². The third-order valence-electron chi connectivity index (χ3n) is 3.65. The molecule has 98 valence electrons. The highest BCUT2D eigenvalue weighted by Gasteiger charge is 2.26. The highest BCUT2D eigenvalue weighted by molar-refractivity contribution is 5.94. The zero-order chi connectivity index (χ0) is 13.1. The molecule has 0 spiro atoms. The molecule has 0 bridgehead atoms. The van der Waals surface area contributed by atoms with E-state index >= 15 is 0 Å². The molecule has 1 fully saturated rings. The lowest BCUT2D eigenvalue weighted by Crippen LogP contribution is -2.43. The molecule has 1 amide bonds. The predicted molar refractivity (Wildman–Crippen MR) is 68.7 cm³/mol. The lowest BCUT2D eigenvalue weighted by Gasteiger charge is -2.34. The van der Waals surface area contributed by atoms with E-state index in [1.807, 2.05) is 0 Å². The van der Waals surface area contributed by atoms with Crippen molar-refractivity contribution in [2.45, 2.75) is 37.8 Å². The number of carbonyl (C=O) groups excluding carboxylic acids is 1. The van der Waals surface area contributed by atoms with Crippen LogP contribution < -0.4 is 5.73 Å². The van der Waals surface area contributed by atoms with Crippen LogP contribution in [0.4, 0.5) is 4.39 Å². The van der Waals surface area contributed by atoms with Gasteiger partial charge in [-0.2, -0.15) is 0 Å². The summed E-state index contributed by atoms with van der Waals surface area (Å²) in [6, 6.07) is 6.06. The normalized spacial score (nSPS) is 23.7. The molecule has 0 saturated heterocycles. The summed E-state index contributed by atoms with van der Waals surface area (Å²) in [7, 11) is 1.80. The van der Waals surface area contributed by atoms with Crippen LogP contribution in [0.3, 0.4) is 0 Å². The molecule has 2 atom stereocenters. The average Bonchev–Trinajstić information content (AvgIpc) is 2.38. The maximum Gasteiger partial charge on any atom is 0.253 e. The first-order chi connectivity index (χ1) is 8.58. The van der Waals surface area contributed by atoms with Gasteiger partial charge in [-0.1, -0.05) is 0 Å². The molecule has 0 unspecified atom stereocenters. The van der Waals surface area contributed by atoms with E-state index in [9.17, 15) is 9.18 Å². The van der Waals surface area contributed by atoms with Crippen molar-refractivity contribution in [2.75, 3.05) is 7.05 Å². The maximum absolute atomic E-state index is 12.8. The highest BCUT2D eigenvalue weighted by atomic mass is 19.1. The van der Waals surface area contributed by atoms with Gasteiger partial charge in [0, 0.05) is 24.7 Å². The Balaban J connectivity index is 2.06. The number of carbonyl (C=O) groups is 1. The molecular weight excluding hydrogens is 231 g/mol. The summed E-state index contributed by atoms with van der Waals surface area (Å²) >= 11 is 0.